The van der Waals surface area contributed by atoms with Gasteiger partial charge in [0, 0.05) is 25.7 Å². The number of urea groups is 1. The number of benzene rings is 2. The second-order valence-corrected chi connectivity index (χ2v) is 5.33. The highest BCUT2D eigenvalue weighted by Gasteiger charge is 2.10. The zero-order chi connectivity index (χ0) is 16.7. The van der Waals surface area contributed by atoms with Crippen LogP contribution in [0.1, 0.15) is 11.1 Å². The van der Waals surface area contributed by atoms with Gasteiger partial charge in [0.05, 0.1) is 6.61 Å². The third-order valence-corrected chi connectivity index (χ3v) is 3.41. The fraction of sp³-hybridized carbons (Fsp3) is 0.278. The molecule has 0 aliphatic rings. The summed E-state index contributed by atoms with van der Waals surface area (Å²) in [5, 5.41) is 11.7. The summed E-state index contributed by atoms with van der Waals surface area (Å²) < 4.78 is 5.93. The maximum absolute atomic E-state index is 11.9. The van der Waals surface area contributed by atoms with Crippen LogP contribution in [0.4, 0.5) is 4.79 Å². The van der Waals surface area contributed by atoms with E-state index in [0.29, 0.717) is 13.1 Å². The van der Waals surface area contributed by atoms with E-state index in [1.807, 2.05) is 55.5 Å². The van der Waals surface area contributed by atoms with Crippen molar-refractivity contribution in [3.05, 3.63) is 59.7 Å². The number of carbonyl (C=O) groups is 1. The molecular formula is C18H22N2O3. The lowest BCUT2D eigenvalue weighted by Gasteiger charge is -2.18. The highest BCUT2D eigenvalue weighted by Crippen LogP contribution is 2.26. The van der Waals surface area contributed by atoms with E-state index in [9.17, 15) is 4.79 Å². The molecule has 0 radical (unpaired) electrons. The second kappa shape index (κ2) is 8.19. The Hall–Kier alpha value is -2.53. The monoisotopic (exact) mass is 314 g/mol. The molecule has 5 nitrogen and oxygen atoms in total. The Morgan fingerprint density at radius 2 is 1.96 bits per heavy atom. The van der Waals surface area contributed by atoms with Gasteiger partial charge in [0.1, 0.15) is 11.5 Å². The molecule has 23 heavy (non-hydrogen) atoms. The van der Waals surface area contributed by atoms with Crippen LogP contribution < -0.4 is 10.1 Å². The Labute approximate surface area is 136 Å². The highest BCUT2D eigenvalue weighted by molar-refractivity contribution is 5.73. The van der Waals surface area contributed by atoms with Crippen LogP contribution in [-0.4, -0.2) is 36.2 Å². The quantitative estimate of drug-likeness (QED) is 0.862. The van der Waals surface area contributed by atoms with Crippen molar-refractivity contribution in [1.82, 2.24) is 10.2 Å². The Morgan fingerprint density at radius 3 is 2.65 bits per heavy atom. The number of ether oxygens (including phenoxy) is 1. The van der Waals surface area contributed by atoms with Crippen molar-refractivity contribution in [1.29, 1.82) is 0 Å². The van der Waals surface area contributed by atoms with Gasteiger partial charge in [0.15, 0.2) is 0 Å². The number of nitrogens with one attached hydrogen (secondary N) is 1. The van der Waals surface area contributed by atoms with Crippen LogP contribution in [-0.2, 0) is 6.54 Å². The van der Waals surface area contributed by atoms with Crippen LogP contribution in [0.25, 0.3) is 0 Å². The number of likely N-dealkylation sites (N-methyl/N-ethyl adjacent to an activating group) is 1. The number of carbonyl (C=O) groups excluding carboxylic acids is 1. The number of para-hydroxylation sites is 1. The summed E-state index contributed by atoms with van der Waals surface area (Å²) in [4.78, 5) is 13.3. The van der Waals surface area contributed by atoms with Gasteiger partial charge < -0.3 is 20.1 Å². The predicted octanol–water partition coefficient (Wildman–Crippen LogP) is 2.92. The maximum atomic E-state index is 11.9. The van der Waals surface area contributed by atoms with E-state index >= 15 is 0 Å². The first-order valence-corrected chi connectivity index (χ1v) is 7.52. The molecule has 5 heteroatoms. The molecule has 2 aromatic carbocycles. The molecule has 0 heterocycles. The predicted molar refractivity (Wildman–Crippen MR) is 89.6 cm³/mol. The van der Waals surface area contributed by atoms with Gasteiger partial charge in [0.25, 0.3) is 0 Å². The van der Waals surface area contributed by atoms with Crippen molar-refractivity contribution in [2.24, 2.45) is 0 Å². The molecule has 0 aliphatic carbocycles. The van der Waals surface area contributed by atoms with E-state index < -0.39 is 0 Å². The molecule has 0 fully saturated rings. The number of aliphatic hydroxyl groups excluding tert-OH is 1. The van der Waals surface area contributed by atoms with Gasteiger partial charge in [-0.2, -0.15) is 0 Å². The van der Waals surface area contributed by atoms with Gasteiger partial charge in [-0.05, 0) is 30.7 Å². The minimum Gasteiger partial charge on any atom is -0.457 e. The largest absolute Gasteiger partial charge is 0.457 e. The van der Waals surface area contributed by atoms with Crippen molar-refractivity contribution in [2.45, 2.75) is 13.5 Å². The molecule has 0 spiro atoms. The third-order valence-electron chi connectivity index (χ3n) is 3.41. The minimum atomic E-state index is -0.231. The van der Waals surface area contributed by atoms with Gasteiger partial charge >= 0.3 is 6.03 Å². The van der Waals surface area contributed by atoms with Crippen molar-refractivity contribution in [3.63, 3.8) is 0 Å². The average Bonchev–Trinajstić information content (AvgIpc) is 2.55. The van der Waals surface area contributed by atoms with E-state index in [-0.39, 0.29) is 12.6 Å². The zero-order valence-electron chi connectivity index (χ0n) is 13.5. The number of amides is 2. The van der Waals surface area contributed by atoms with Crippen LogP contribution in [0.15, 0.2) is 48.5 Å². The van der Waals surface area contributed by atoms with Gasteiger partial charge in [-0.1, -0.05) is 30.3 Å². The lowest BCUT2D eigenvalue weighted by Crippen LogP contribution is -2.38. The van der Waals surface area contributed by atoms with Crippen LogP contribution in [0, 0.1) is 6.92 Å². The summed E-state index contributed by atoms with van der Waals surface area (Å²) in [7, 11) is 1.64. The molecule has 0 atom stereocenters. The van der Waals surface area contributed by atoms with Crippen molar-refractivity contribution in [2.75, 3.05) is 20.2 Å². The molecular weight excluding hydrogens is 292 g/mol. The molecule has 0 bridgehead atoms. The Kier molecular flexibility index (Phi) is 6.00. The molecule has 0 saturated carbocycles. The molecule has 2 rings (SSSR count). The van der Waals surface area contributed by atoms with E-state index in [4.69, 9.17) is 9.84 Å². The molecule has 2 N–H and O–H groups in total. The van der Waals surface area contributed by atoms with Gasteiger partial charge in [-0.25, -0.2) is 4.79 Å². The summed E-state index contributed by atoms with van der Waals surface area (Å²) in [6.07, 6.45) is 0. The second-order valence-electron chi connectivity index (χ2n) is 5.33. The Bertz CT molecular complexity index is 644. The molecule has 0 unspecified atom stereocenters. The van der Waals surface area contributed by atoms with E-state index in [1.54, 1.807) is 7.05 Å². The van der Waals surface area contributed by atoms with Crippen LogP contribution in [0.5, 0.6) is 11.5 Å². The van der Waals surface area contributed by atoms with Crippen molar-refractivity contribution < 1.29 is 14.6 Å². The van der Waals surface area contributed by atoms with Crippen LogP contribution >= 0.6 is 0 Å². The standard InChI is InChI=1S/C18H22N2O3/c1-14-8-9-15(13-19-18(22)20(2)10-11-21)17(12-14)23-16-6-4-3-5-7-16/h3-9,12,21H,10-11,13H2,1-2H3,(H,19,22). The van der Waals surface area contributed by atoms with E-state index in [0.717, 1.165) is 22.6 Å². The number of aliphatic hydroxyl groups is 1. The Morgan fingerprint density at radius 1 is 1.22 bits per heavy atom. The van der Waals surface area contributed by atoms with Gasteiger partial charge in [0.2, 0.25) is 0 Å². The average molecular weight is 314 g/mol. The minimum absolute atomic E-state index is 0.0587. The SMILES string of the molecule is Cc1ccc(CNC(=O)N(C)CCO)c(Oc2ccccc2)c1. The van der Waals surface area contributed by atoms with E-state index in [1.165, 1.54) is 4.90 Å². The van der Waals surface area contributed by atoms with Crippen LogP contribution in [0.2, 0.25) is 0 Å². The number of hydrogen-bond donors (Lipinski definition) is 2. The lowest BCUT2D eigenvalue weighted by molar-refractivity contribution is 0.190. The molecule has 0 saturated heterocycles. The van der Waals surface area contributed by atoms with E-state index in [2.05, 4.69) is 5.32 Å². The molecule has 2 aromatic rings. The lowest BCUT2D eigenvalue weighted by atomic mass is 10.1. The summed E-state index contributed by atoms with van der Waals surface area (Å²) in [5.74, 6) is 1.48. The zero-order valence-corrected chi connectivity index (χ0v) is 13.5. The first-order valence-electron chi connectivity index (χ1n) is 7.52. The fourth-order valence-electron chi connectivity index (χ4n) is 2.08. The van der Waals surface area contributed by atoms with Gasteiger partial charge in [-0.15, -0.1) is 0 Å². The molecule has 0 aromatic heterocycles. The number of rotatable bonds is 6. The summed E-state index contributed by atoms with van der Waals surface area (Å²) in [6, 6.07) is 15.2. The maximum Gasteiger partial charge on any atom is 0.317 e. The number of aryl methyl sites for hydroxylation is 1. The topological polar surface area (TPSA) is 61.8 Å². The molecule has 2 amide bonds. The Balaban J connectivity index is 2.08. The normalized spacial score (nSPS) is 10.2. The van der Waals surface area contributed by atoms with Crippen LogP contribution in [0.3, 0.4) is 0 Å². The highest BCUT2D eigenvalue weighted by atomic mass is 16.5. The third kappa shape index (κ3) is 5.00. The first-order chi connectivity index (χ1) is 11.1. The fourth-order valence-corrected chi connectivity index (χ4v) is 2.08. The molecule has 122 valence electrons. The first kappa shape index (κ1) is 16.8. The summed E-state index contributed by atoms with van der Waals surface area (Å²) in [6.45, 7) is 2.59. The van der Waals surface area contributed by atoms with Gasteiger partial charge in [-0.3, -0.25) is 0 Å². The summed E-state index contributed by atoms with van der Waals surface area (Å²) >= 11 is 0. The van der Waals surface area contributed by atoms with Crippen molar-refractivity contribution in [3.8, 4) is 11.5 Å². The molecule has 0 aliphatic heterocycles. The smallest absolute Gasteiger partial charge is 0.317 e. The number of hydrogen-bond acceptors (Lipinski definition) is 3. The number of nitrogens with zero attached hydrogens (tertiary/aromatic N) is 1. The summed E-state index contributed by atoms with van der Waals surface area (Å²) in [5.41, 5.74) is 1.98. The van der Waals surface area contributed by atoms with Crippen molar-refractivity contribution >= 4 is 6.03 Å².